The van der Waals surface area contributed by atoms with Crippen molar-refractivity contribution in [1.82, 2.24) is 5.32 Å². The van der Waals surface area contributed by atoms with Crippen molar-refractivity contribution in [3.63, 3.8) is 0 Å². The van der Waals surface area contributed by atoms with Gasteiger partial charge in [-0.05, 0) is 24.3 Å². The second-order valence-corrected chi connectivity index (χ2v) is 4.39. The summed E-state index contributed by atoms with van der Waals surface area (Å²) in [4.78, 5) is 11.8. The molecule has 0 saturated heterocycles. The monoisotopic (exact) mass is 295 g/mol. The number of hydrogen-bond donors (Lipinski definition) is 2. The zero-order valence-corrected chi connectivity index (χ0v) is 10.8. The average Bonchev–Trinajstić information content (AvgIpc) is 2.45. The van der Waals surface area contributed by atoms with E-state index in [0.717, 1.165) is 12.1 Å². The number of rotatable bonds is 3. The largest absolute Gasteiger partial charge is 0.508 e. The van der Waals surface area contributed by atoms with E-state index in [-0.39, 0.29) is 17.9 Å². The minimum Gasteiger partial charge on any atom is -0.508 e. The topological polar surface area (TPSA) is 49.3 Å². The molecule has 0 fully saturated rings. The highest BCUT2D eigenvalue weighted by Gasteiger charge is 2.30. The van der Waals surface area contributed by atoms with E-state index >= 15 is 0 Å². The van der Waals surface area contributed by atoms with E-state index in [4.69, 9.17) is 0 Å². The van der Waals surface area contributed by atoms with Crippen LogP contribution in [-0.4, -0.2) is 11.0 Å². The Bertz CT molecular complexity index is 653. The highest BCUT2D eigenvalue weighted by Crippen LogP contribution is 2.29. The molecule has 2 aromatic rings. The molecule has 0 aliphatic carbocycles. The quantitative estimate of drug-likeness (QED) is 0.912. The van der Waals surface area contributed by atoms with Gasteiger partial charge < -0.3 is 10.4 Å². The molecule has 2 rings (SSSR count). The number of hydrogen-bond acceptors (Lipinski definition) is 2. The van der Waals surface area contributed by atoms with Gasteiger partial charge in [-0.3, -0.25) is 4.79 Å². The van der Waals surface area contributed by atoms with Crippen LogP contribution in [0.25, 0.3) is 0 Å². The average molecular weight is 295 g/mol. The van der Waals surface area contributed by atoms with E-state index in [2.05, 4.69) is 5.32 Å². The zero-order chi connectivity index (χ0) is 15.5. The first-order valence-corrected chi connectivity index (χ1v) is 6.10. The first kappa shape index (κ1) is 14.9. The summed E-state index contributed by atoms with van der Waals surface area (Å²) in [7, 11) is 0. The number of nitrogens with one attached hydrogen (secondary N) is 1. The summed E-state index contributed by atoms with van der Waals surface area (Å²) in [6, 6.07) is 10.6. The minimum atomic E-state index is -4.49. The van der Waals surface area contributed by atoms with Crippen LogP contribution < -0.4 is 5.32 Å². The van der Waals surface area contributed by atoms with Crippen LogP contribution in [0.3, 0.4) is 0 Å². The number of carbonyl (C=O) groups excluding carboxylic acids is 1. The van der Waals surface area contributed by atoms with Gasteiger partial charge in [0.15, 0.2) is 0 Å². The molecule has 1 amide bonds. The Balaban J connectivity index is 2.09. The molecule has 6 heteroatoms. The van der Waals surface area contributed by atoms with Crippen LogP contribution in [0.2, 0.25) is 0 Å². The number of para-hydroxylation sites is 1. The lowest BCUT2D eigenvalue weighted by Crippen LogP contribution is -2.23. The highest BCUT2D eigenvalue weighted by molar-refractivity contribution is 5.94. The van der Waals surface area contributed by atoms with Crippen LogP contribution in [0, 0.1) is 0 Å². The molecule has 0 saturated carbocycles. The Morgan fingerprint density at radius 2 is 1.81 bits per heavy atom. The van der Waals surface area contributed by atoms with Crippen LogP contribution in [0.5, 0.6) is 5.75 Å². The van der Waals surface area contributed by atoms with Crippen molar-refractivity contribution >= 4 is 5.91 Å². The third-order valence-electron chi connectivity index (χ3n) is 2.88. The van der Waals surface area contributed by atoms with Crippen LogP contribution in [0.4, 0.5) is 13.2 Å². The molecule has 0 aliphatic heterocycles. The summed E-state index contributed by atoms with van der Waals surface area (Å²) >= 11 is 0. The molecular formula is C15H12F3NO2. The maximum absolute atomic E-state index is 12.6. The lowest BCUT2D eigenvalue weighted by Gasteiger charge is -2.10. The third kappa shape index (κ3) is 3.75. The molecule has 0 spiro atoms. The van der Waals surface area contributed by atoms with Crippen molar-refractivity contribution in [2.24, 2.45) is 0 Å². The fraction of sp³-hybridized carbons (Fsp3) is 0.133. The minimum absolute atomic E-state index is 0.0156. The normalized spacial score (nSPS) is 11.2. The molecule has 0 radical (unpaired) electrons. The number of halogens is 3. The van der Waals surface area contributed by atoms with Gasteiger partial charge in [0, 0.05) is 17.7 Å². The predicted octanol–water partition coefficient (Wildman–Crippen LogP) is 3.34. The number of amides is 1. The van der Waals surface area contributed by atoms with Crippen LogP contribution in [0.1, 0.15) is 21.5 Å². The van der Waals surface area contributed by atoms with E-state index in [9.17, 15) is 23.1 Å². The number of carbonyl (C=O) groups is 1. The summed E-state index contributed by atoms with van der Waals surface area (Å²) in [6.07, 6.45) is -4.49. The molecule has 0 atom stereocenters. The molecule has 0 aromatic heterocycles. The molecule has 3 nitrogen and oxygen atoms in total. The van der Waals surface area contributed by atoms with Crippen LogP contribution in [-0.2, 0) is 12.7 Å². The highest BCUT2D eigenvalue weighted by atomic mass is 19.4. The molecule has 110 valence electrons. The molecule has 2 aromatic carbocycles. The molecule has 0 heterocycles. The molecule has 2 N–H and O–H groups in total. The molecule has 21 heavy (non-hydrogen) atoms. The van der Waals surface area contributed by atoms with E-state index in [1.54, 1.807) is 18.2 Å². The fourth-order valence-corrected chi connectivity index (χ4v) is 1.77. The number of phenols is 1. The first-order valence-electron chi connectivity index (χ1n) is 6.10. The van der Waals surface area contributed by atoms with Gasteiger partial charge in [0.05, 0.1) is 5.56 Å². The predicted molar refractivity (Wildman–Crippen MR) is 70.7 cm³/mol. The maximum Gasteiger partial charge on any atom is 0.416 e. The van der Waals surface area contributed by atoms with E-state index in [1.807, 2.05) is 0 Å². The molecule has 0 unspecified atom stereocenters. The zero-order valence-electron chi connectivity index (χ0n) is 10.8. The summed E-state index contributed by atoms with van der Waals surface area (Å²) < 4.78 is 37.7. The standard InChI is InChI=1S/C15H12F3NO2/c16-15(17,18)12-6-3-5-10(8-12)14(21)19-9-11-4-1-2-7-13(11)20/h1-8,20H,9H2,(H,19,21). The Labute approximate surface area is 119 Å². The summed E-state index contributed by atoms with van der Waals surface area (Å²) in [5.41, 5.74) is -0.476. The van der Waals surface area contributed by atoms with Gasteiger partial charge >= 0.3 is 6.18 Å². The number of phenolic OH excluding ortho intramolecular Hbond substituents is 1. The van der Waals surface area contributed by atoms with Crippen molar-refractivity contribution in [2.75, 3.05) is 0 Å². The fourth-order valence-electron chi connectivity index (χ4n) is 1.77. The molecular weight excluding hydrogens is 283 g/mol. The molecule has 0 bridgehead atoms. The van der Waals surface area contributed by atoms with Crippen molar-refractivity contribution in [1.29, 1.82) is 0 Å². The van der Waals surface area contributed by atoms with E-state index < -0.39 is 17.6 Å². The summed E-state index contributed by atoms with van der Waals surface area (Å²) in [5, 5.41) is 12.0. The van der Waals surface area contributed by atoms with Crippen molar-refractivity contribution in [2.45, 2.75) is 12.7 Å². The van der Waals surface area contributed by atoms with Gasteiger partial charge in [0.25, 0.3) is 5.91 Å². The van der Waals surface area contributed by atoms with Crippen molar-refractivity contribution < 1.29 is 23.1 Å². The van der Waals surface area contributed by atoms with Gasteiger partial charge in [0.1, 0.15) is 5.75 Å². The van der Waals surface area contributed by atoms with Crippen LogP contribution >= 0.6 is 0 Å². The Morgan fingerprint density at radius 1 is 1.10 bits per heavy atom. The lowest BCUT2D eigenvalue weighted by molar-refractivity contribution is -0.137. The second-order valence-electron chi connectivity index (χ2n) is 4.39. The van der Waals surface area contributed by atoms with Gasteiger partial charge in [-0.25, -0.2) is 0 Å². The van der Waals surface area contributed by atoms with Crippen LogP contribution in [0.15, 0.2) is 48.5 Å². The lowest BCUT2D eigenvalue weighted by atomic mass is 10.1. The summed E-state index contributed by atoms with van der Waals surface area (Å²) in [6.45, 7) is 0.0295. The summed E-state index contributed by atoms with van der Waals surface area (Å²) in [5.74, 6) is -0.619. The van der Waals surface area contributed by atoms with Gasteiger partial charge in [-0.1, -0.05) is 24.3 Å². The van der Waals surface area contributed by atoms with Gasteiger partial charge in [0.2, 0.25) is 0 Å². The number of benzene rings is 2. The third-order valence-corrected chi connectivity index (χ3v) is 2.88. The SMILES string of the molecule is O=C(NCc1ccccc1O)c1cccc(C(F)(F)F)c1. The Kier molecular flexibility index (Phi) is 4.16. The van der Waals surface area contributed by atoms with Crippen molar-refractivity contribution in [3.05, 3.63) is 65.2 Å². The molecule has 0 aliphatic rings. The van der Waals surface area contributed by atoms with Gasteiger partial charge in [-0.15, -0.1) is 0 Å². The van der Waals surface area contributed by atoms with Crippen molar-refractivity contribution in [3.8, 4) is 5.75 Å². The van der Waals surface area contributed by atoms with E-state index in [0.29, 0.717) is 5.56 Å². The van der Waals surface area contributed by atoms with E-state index in [1.165, 1.54) is 18.2 Å². The number of alkyl halides is 3. The Hall–Kier alpha value is -2.50. The second kappa shape index (κ2) is 5.87. The first-order chi connectivity index (χ1) is 9.88. The number of aromatic hydroxyl groups is 1. The smallest absolute Gasteiger partial charge is 0.416 e. The van der Waals surface area contributed by atoms with Gasteiger partial charge in [-0.2, -0.15) is 13.2 Å². The Morgan fingerprint density at radius 3 is 2.48 bits per heavy atom. The maximum atomic E-state index is 12.6.